The van der Waals surface area contributed by atoms with Crippen molar-refractivity contribution >= 4 is 16.6 Å². The van der Waals surface area contributed by atoms with E-state index in [0.29, 0.717) is 0 Å². The molecular weight excluding hydrogens is 262 g/mol. The number of anilines is 1. The molecule has 1 aromatic heterocycles. The van der Waals surface area contributed by atoms with E-state index in [-0.39, 0.29) is 5.41 Å². The van der Waals surface area contributed by atoms with E-state index in [1.54, 1.807) is 7.11 Å². The van der Waals surface area contributed by atoms with E-state index in [4.69, 9.17) is 10.5 Å². The van der Waals surface area contributed by atoms with Gasteiger partial charge in [-0.3, -0.25) is 0 Å². The molecule has 1 aliphatic carbocycles. The van der Waals surface area contributed by atoms with Gasteiger partial charge in [0.1, 0.15) is 11.6 Å². The molecule has 0 aliphatic heterocycles. The summed E-state index contributed by atoms with van der Waals surface area (Å²) in [5.74, 6) is 1.80. The molecule has 0 amide bonds. The number of nitrogens with two attached hydrogens (primary N) is 1. The van der Waals surface area contributed by atoms with Crippen LogP contribution in [-0.2, 0) is 0 Å². The second-order valence-corrected chi connectivity index (χ2v) is 5.98. The SMILES string of the molecule is COc1cccc2c(NCC3(CN)CCCC3)nccc12. The van der Waals surface area contributed by atoms with Crippen LogP contribution < -0.4 is 15.8 Å². The van der Waals surface area contributed by atoms with Gasteiger partial charge in [0.25, 0.3) is 0 Å². The summed E-state index contributed by atoms with van der Waals surface area (Å²) < 4.78 is 5.43. The summed E-state index contributed by atoms with van der Waals surface area (Å²) in [5, 5.41) is 5.71. The van der Waals surface area contributed by atoms with Crippen LogP contribution in [0, 0.1) is 5.41 Å². The Morgan fingerprint density at radius 1 is 1.24 bits per heavy atom. The Hall–Kier alpha value is -1.81. The summed E-state index contributed by atoms with van der Waals surface area (Å²) in [6.07, 6.45) is 6.83. The average molecular weight is 285 g/mol. The van der Waals surface area contributed by atoms with Crippen LogP contribution in [0.3, 0.4) is 0 Å². The first kappa shape index (κ1) is 14.1. The van der Waals surface area contributed by atoms with Gasteiger partial charge in [0, 0.05) is 23.5 Å². The van der Waals surface area contributed by atoms with Gasteiger partial charge in [0.15, 0.2) is 0 Å². The smallest absolute Gasteiger partial charge is 0.133 e. The van der Waals surface area contributed by atoms with Crippen molar-refractivity contribution < 1.29 is 4.74 Å². The number of methoxy groups -OCH3 is 1. The lowest BCUT2D eigenvalue weighted by atomic mass is 9.86. The van der Waals surface area contributed by atoms with E-state index in [2.05, 4.69) is 16.4 Å². The van der Waals surface area contributed by atoms with Crippen molar-refractivity contribution in [2.24, 2.45) is 11.1 Å². The molecule has 0 saturated heterocycles. The Morgan fingerprint density at radius 2 is 2.05 bits per heavy atom. The maximum Gasteiger partial charge on any atom is 0.133 e. The minimum atomic E-state index is 0.239. The number of pyridine rings is 1. The van der Waals surface area contributed by atoms with Crippen molar-refractivity contribution in [2.45, 2.75) is 25.7 Å². The molecule has 1 fully saturated rings. The molecule has 21 heavy (non-hydrogen) atoms. The molecule has 3 N–H and O–H groups in total. The fraction of sp³-hybridized carbons (Fsp3) is 0.471. The minimum absolute atomic E-state index is 0.239. The third-order valence-corrected chi connectivity index (χ3v) is 4.71. The van der Waals surface area contributed by atoms with E-state index < -0.39 is 0 Å². The van der Waals surface area contributed by atoms with Crippen molar-refractivity contribution in [3.05, 3.63) is 30.5 Å². The van der Waals surface area contributed by atoms with Gasteiger partial charge in [-0.15, -0.1) is 0 Å². The highest BCUT2D eigenvalue weighted by atomic mass is 16.5. The van der Waals surface area contributed by atoms with Gasteiger partial charge >= 0.3 is 0 Å². The van der Waals surface area contributed by atoms with Crippen LogP contribution in [0.1, 0.15) is 25.7 Å². The Morgan fingerprint density at radius 3 is 2.76 bits per heavy atom. The molecule has 112 valence electrons. The molecule has 3 rings (SSSR count). The first-order valence-electron chi connectivity index (χ1n) is 7.64. The van der Waals surface area contributed by atoms with Crippen LogP contribution in [-0.4, -0.2) is 25.2 Å². The van der Waals surface area contributed by atoms with Crippen molar-refractivity contribution in [3.8, 4) is 5.75 Å². The number of hydrogen-bond acceptors (Lipinski definition) is 4. The highest BCUT2D eigenvalue weighted by Crippen LogP contribution is 2.37. The third kappa shape index (κ3) is 2.68. The Labute approximate surface area is 125 Å². The maximum absolute atomic E-state index is 6.01. The molecule has 0 radical (unpaired) electrons. The lowest BCUT2D eigenvalue weighted by molar-refractivity contribution is 0.332. The first-order valence-corrected chi connectivity index (χ1v) is 7.64. The van der Waals surface area contributed by atoms with E-state index in [1.165, 1.54) is 25.7 Å². The second kappa shape index (κ2) is 5.90. The maximum atomic E-state index is 6.01. The summed E-state index contributed by atoms with van der Waals surface area (Å²) in [6.45, 7) is 1.64. The Balaban J connectivity index is 1.87. The van der Waals surface area contributed by atoms with Crippen LogP contribution in [0.15, 0.2) is 30.5 Å². The number of rotatable bonds is 5. The normalized spacial score (nSPS) is 17.0. The molecule has 0 spiro atoms. The quantitative estimate of drug-likeness (QED) is 0.886. The second-order valence-electron chi connectivity index (χ2n) is 5.98. The Bertz CT molecular complexity index is 620. The van der Waals surface area contributed by atoms with Crippen molar-refractivity contribution in [3.63, 3.8) is 0 Å². The standard InChI is InChI=1S/C17H23N3O/c1-21-15-6-4-5-14-13(15)7-10-19-16(14)20-12-17(11-18)8-2-3-9-17/h4-7,10H,2-3,8-9,11-12,18H2,1H3,(H,19,20). The van der Waals surface area contributed by atoms with E-state index in [9.17, 15) is 0 Å². The van der Waals surface area contributed by atoms with Gasteiger partial charge < -0.3 is 15.8 Å². The van der Waals surface area contributed by atoms with Crippen LogP contribution >= 0.6 is 0 Å². The molecule has 1 saturated carbocycles. The van der Waals surface area contributed by atoms with E-state index in [0.717, 1.165) is 35.4 Å². The number of hydrogen-bond donors (Lipinski definition) is 2. The van der Waals surface area contributed by atoms with Crippen molar-refractivity contribution in [1.82, 2.24) is 4.98 Å². The molecule has 1 heterocycles. The summed E-state index contributed by atoms with van der Waals surface area (Å²) in [5.41, 5.74) is 6.25. The molecular formula is C17H23N3O. The fourth-order valence-corrected chi connectivity index (χ4v) is 3.35. The number of aromatic nitrogens is 1. The van der Waals surface area contributed by atoms with E-state index in [1.807, 2.05) is 24.4 Å². The molecule has 4 heteroatoms. The molecule has 1 aromatic carbocycles. The number of fused-ring (bicyclic) bond motifs is 1. The molecule has 1 aliphatic rings. The summed E-state index contributed by atoms with van der Waals surface area (Å²) >= 11 is 0. The predicted molar refractivity (Wildman–Crippen MR) is 86.7 cm³/mol. The van der Waals surface area contributed by atoms with Crippen LogP contribution in [0.25, 0.3) is 10.8 Å². The monoisotopic (exact) mass is 285 g/mol. The number of nitrogens with one attached hydrogen (secondary N) is 1. The molecule has 0 unspecified atom stereocenters. The lowest BCUT2D eigenvalue weighted by Crippen LogP contribution is -2.34. The van der Waals surface area contributed by atoms with Crippen LogP contribution in [0.5, 0.6) is 5.75 Å². The van der Waals surface area contributed by atoms with Gasteiger partial charge in [-0.1, -0.05) is 25.0 Å². The molecule has 4 nitrogen and oxygen atoms in total. The fourth-order valence-electron chi connectivity index (χ4n) is 3.35. The van der Waals surface area contributed by atoms with Crippen molar-refractivity contribution in [1.29, 1.82) is 0 Å². The number of nitrogens with zero attached hydrogens (tertiary/aromatic N) is 1. The van der Waals surface area contributed by atoms with Gasteiger partial charge in [0.2, 0.25) is 0 Å². The predicted octanol–water partition coefficient (Wildman–Crippen LogP) is 3.17. The summed E-state index contributed by atoms with van der Waals surface area (Å²) in [6, 6.07) is 8.05. The topological polar surface area (TPSA) is 60.2 Å². The van der Waals surface area contributed by atoms with Crippen LogP contribution in [0.2, 0.25) is 0 Å². The molecule has 0 atom stereocenters. The van der Waals surface area contributed by atoms with Gasteiger partial charge in [-0.05, 0) is 36.9 Å². The van der Waals surface area contributed by atoms with Gasteiger partial charge in [0.05, 0.1) is 7.11 Å². The third-order valence-electron chi connectivity index (χ3n) is 4.71. The lowest BCUT2D eigenvalue weighted by Gasteiger charge is -2.27. The molecule has 0 bridgehead atoms. The zero-order valence-electron chi connectivity index (χ0n) is 12.6. The average Bonchev–Trinajstić information content (AvgIpc) is 3.01. The summed E-state index contributed by atoms with van der Waals surface area (Å²) in [4.78, 5) is 4.50. The van der Waals surface area contributed by atoms with Crippen LogP contribution in [0.4, 0.5) is 5.82 Å². The Kier molecular flexibility index (Phi) is 3.97. The summed E-state index contributed by atoms with van der Waals surface area (Å²) in [7, 11) is 1.70. The zero-order valence-corrected chi connectivity index (χ0v) is 12.6. The number of benzene rings is 1. The first-order chi connectivity index (χ1) is 10.3. The van der Waals surface area contributed by atoms with Gasteiger partial charge in [-0.2, -0.15) is 0 Å². The minimum Gasteiger partial charge on any atom is -0.496 e. The largest absolute Gasteiger partial charge is 0.496 e. The number of ether oxygens (including phenoxy) is 1. The highest BCUT2D eigenvalue weighted by molar-refractivity contribution is 5.95. The van der Waals surface area contributed by atoms with Gasteiger partial charge in [-0.25, -0.2) is 4.98 Å². The highest BCUT2D eigenvalue weighted by Gasteiger charge is 2.32. The molecule has 2 aromatic rings. The van der Waals surface area contributed by atoms with Crippen molar-refractivity contribution in [2.75, 3.05) is 25.5 Å². The van der Waals surface area contributed by atoms with E-state index >= 15 is 0 Å². The zero-order chi connectivity index (χ0) is 14.7.